The first kappa shape index (κ1) is 15.3. The number of benzene rings is 1. The Bertz CT molecular complexity index is 494. The second-order valence-corrected chi connectivity index (χ2v) is 6.84. The summed E-state index contributed by atoms with van der Waals surface area (Å²) in [5, 5.41) is 0.802. The van der Waals surface area contributed by atoms with Crippen LogP contribution in [0.4, 0.5) is 0 Å². The third-order valence-electron chi connectivity index (χ3n) is 5.02. The van der Waals surface area contributed by atoms with Crippen molar-refractivity contribution in [1.82, 2.24) is 0 Å². The smallest absolute Gasteiger partial charge is 0.0729 e. The average molecular weight is 310 g/mol. The van der Waals surface area contributed by atoms with Crippen LogP contribution in [0.3, 0.4) is 0 Å². The third-order valence-corrected chi connectivity index (χ3v) is 5.43. The van der Waals surface area contributed by atoms with Crippen LogP contribution in [0, 0.1) is 12.8 Å². The maximum absolute atomic E-state index is 6.53. The van der Waals surface area contributed by atoms with Crippen molar-refractivity contribution in [3.63, 3.8) is 0 Å². The Morgan fingerprint density at radius 3 is 2.76 bits per heavy atom. The molecule has 2 heterocycles. The fourth-order valence-corrected chi connectivity index (χ4v) is 3.74. The van der Waals surface area contributed by atoms with Gasteiger partial charge in [-0.05, 0) is 55.7 Å². The molecular formula is C17H24ClNO2. The maximum Gasteiger partial charge on any atom is 0.0729 e. The molecule has 2 fully saturated rings. The van der Waals surface area contributed by atoms with Gasteiger partial charge in [-0.15, -0.1) is 0 Å². The standard InChI is InChI=1S/C17H24ClNO2/c1-12-2-3-13(10-15(12)18)16(19)14-4-7-21-17(11-14)5-8-20-9-6-17/h2-3,10,14,16H,4-9,11,19H2,1H3. The number of nitrogens with two attached hydrogens (primary N) is 1. The zero-order chi connectivity index (χ0) is 14.9. The molecule has 21 heavy (non-hydrogen) atoms. The van der Waals surface area contributed by atoms with E-state index in [4.69, 9.17) is 26.8 Å². The number of aryl methyl sites for hydroxylation is 1. The molecule has 0 bridgehead atoms. The van der Waals surface area contributed by atoms with Crippen LogP contribution in [-0.4, -0.2) is 25.4 Å². The Hall–Kier alpha value is -0.610. The Balaban J connectivity index is 1.74. The summed E-state index contributed by atoms with van der Waals surface area (Å²) in [5.74, 6) is 0.454. The lowest BCUT2D eigenvalue weighted by Crippen LogP contribution is -2.46. The van der Waals surface area contributed by atoms with Crippen molar-refractivity contribution in [3.8, 4) is 0 Å². The third kappa shape index (κ3) is 3.26. The van der Waals surface area contributed by atoms with Gasteiger partial charge in [-0.1, -0.05) is 23.7 Å². The Morgan fingerprint density at radius 2 is 2.05 bits per heavy atom. The van der Waals surface area contributed by atoms with Crippen LogP contribution < -0.4 is 5.73 Å². The first-order valence-electron chi connectivity index (χ1n) is 7.83. The lowest BCUT2D eigenvalue weighted by molar-refractivity contribution is -0.149. The molecule has 0 aliphatic carbocycles. The molecule has 2 aliphatic rings. The minimum Gasteiger partial charge on any atom is -0.381 e. The van der Waals surface area contributed by atoms with Crippen molar-refractivity contribution in [2.75, 3.05) is 19.8 Å². The first-order chi connectivity index (χ1) is 10.1. The minimum atomic E-state index is -0.00667. The van der Waals surface area contributed by atoms with Crippen LogP contribution in [0.15, 0.2) is 18.2 Å². The molecule has 0 aromatic heterocycles. The van der Waals surface area contributed by atoms with Crippen LogP contribution in [0.5, 0.6) is 0 Å². The summed E-state index contributed by atoms with van der Waals surface area (Å²) in [5.41, 5.74) is 8.76. The van der Waals surface area contributed by atoms with Crippen molar-refractivity contribution in [2.24, 2.45) is 11.7 Å². The second kappa shape index (κ2) is 6.25. The van der Waals surface area contributed by atoms with Crippen molar-refractivity contribution < 1.29 is 9.47 Å². The van der Waals surface area contributed by atoms with E-state index in [2.05, 4.69) is 12.1 Å². The van der Waals surface area contributed by atoms with Gasteiger partial charge in [0.15, 0.2) is 0 Å². The van der Waals surface area contributed by atoms with Crippen molar-refractivity contribution >= 4 is 11.6 Å². The number of rotatable bonds is 2. The summed E-state index contributed by atoms with van der Waals surface area (Å²) in [6.07, 6.45) is 4.04. The highest BCUT2D eigenvalue weighted by molar-refractivity contribution is 6.31. The summed E-state index contributed by atoms with van der Waals surface area (Å²) in [4.78, 5) is 0. The van der Waals surface area contributed by atoms with E-state index in [-0.39, 0.29) is 11.6 Å². The van der Waals surface area contributed by atoms with Crippen molar-refractivity contribution in [3.05, 3.63) is 34.3 Å². The van der Waals surface area contributed by atoms with E-state index in [0.717, 1.165) is 61.7 Å². The van der Waals surface area contributed by atoms with Crippen molar-refractivity contribution in [1.29, 1.82) is 0 Å². The van der Waals surface area contributed by atoms with Crippen LogP contribution in [-0.2, 0) is 9.47 Å². The van der Waals surface area contributed by atoms with Gasteiger partial charge in [0.25, 0.3) is 0 Å². The molecule has 1 aromatic rings. The van der Waals surface area contributed by atoms with Gasteiger partial charge in [0.05, 0.1) is 5.60 Å². The molecule has 0 saturated carbocycles. The van der Waals surface area contributed by atoms with Crippen LogP contribution in [0.25, 0.3) is 0 Å². The highest BCUT2D eigenvalue weighted by atomic mass is 35.5. The summed E-state index contributed by atoms with van der Waals surface area (Å²) in [6, 6.07) is 6.22. The van der Waals surface area contributed by atoms with E-state index < -0.39 is 0 Å². The molecular weight excluding hydrogens is 286 g/mol. The Labute approximate surface area is 131 Å². The molecule has 3 rings (SSSR count). The largest absolute Gasteiger partial charge is 0.381 e. The maximum atomic E-state index is 6.53. The van der Waals surface area contributed by atoms with Crippen LogP contribution >= 0.6 is 11.6 Å². The lowest BCUT2D eigenvalue weighted by atomic mass is 9.76. The average Bonchev–Trinajstić information content (AvgIpc) is 2.50. The number of hydrogen-bond donors (Lipinski definition) is 1. The Morgan fingerprint density at radius 1 is 1.29 bits per heavy atom. The number of halogens is 1. The van der Waals surface area contributed by atoms with E-state index in [1.165, 1.54) is 0 Å². The summed E-state index contributed by atoms with van der Waals surface area (Å²) in [6.45, 7) is 4.43. The monoisotopic (exact) mass is 309 g/mol. The predicted molar refractivity (Wildman–Crippen MR) is 84.6 cm³/mol. The lowest BCUT2D eigenvalue weighted by Gasteiger charge is -2.44. The zero-order valence-corrected chi connectivity index (χ0v) is 13.4. The molecule has 2 N–H and O–H groups in total. The minimum absolute atomic E-state index is 0.00667. The second-order valence-electron chi connectivity index (χ2n) is 6.43. The molecule has 116 valence electrons. The molecule has 1 spiro atoms. The van der Waals surface area contributed by atoms with Crippen molar-refractivity contribution in [2.45, 2.75) is 44.2 Å². The number of ether oxygens (including phenoxy) is 2. The molecule has 3 nitrogen and oxygen atoms in total. The molecule has 0 radical (unpaired) electrons. The normalized spacial score (nSPS) is 26.7. The fourth-order valence-electron chi connectivity index (χ4n) is 3.55. The van der Waals surface area contributed by atoms with Gasteiger partial charge in [0.2, 0.25) is 0 Å². The molecule has 4 heteroatoms. The van der Waals surface area contributed by atoms with Crippen LogP contribution in [0.1, 0.15) is 42.9 Å². The summed E-state index contributed by atoms with van der Waals surface area (Å²) >= 11 is 6.24. The van der Waals surface area contributed by atoms with Gasteiger partial charge in [-0.3, -0.25) is 0 Å². The SMILES string of the molecule is Cc1ccc(C(N)C2CCOC3(CCOCC3)C2)cc1Cl. The van der Waals surface area contributed by atoms with Gasteiger partial charge in [0, 0.05) is 30.9 Å². The quantitative estimate of drug-likeness (QED) is 0.907. The van der Waals surface area contributed by atoms with E-state index in [1.807, 2.05) is 13.0 Å². The highest BCUT2D eigenvalue weighted by Crippen LogP contribution is 2.41. The molecule has 2 unspecified atom stereocenters. The van der Waals surface area contributed by atoms with E-state index in [9.17, 15) is 0 Å². The first-order valence-corrected chi connectivity index (χ1v) is 8.21. The molecule has 2 saturated heterocycles. The number of hydrogen-bond acceptors (Lipinski definition) is 3. The molecule has 0 amide bonds. The van der Waals surface area contributed by atoms with E-state index >= 15 is 0 Å². The van der Waals surface area contributed by atoms with Gasteiger partial charge < -0.3 is 15.2 Å². The molecule has 1 aromatic carbocycles. The van der Waals surface area contributed by atoms with Gasteiger partial charge in [-0.2, -0.15) is 0 Å². The summed E-state index contributed by atoms with van der Waals surface area (Å²) < 4.78 is 11.6. The van der Waals surface area contributed by atoms with Crippen LogP contribution in [0.2, 0.25) is 5.02 Å². The zero-order valence-electron chi connectivity index (χ0n) is 12.6. The van der Waals surface area contributed by atoms with Gasteiger partial charge >= 0.3 is 0 Å². The molecule has 2 atom stereocenters. The van der Waals surface area contributed by atoms with E-state index in [0.29, 0.717) is 5.92 Å². The Kier molecular flexibility index (Phi) is 4.55. The fraction of sp³-hybridized carbons (Fsp3) is 0.647. The van der Waals surface area contributed by atoms with Gasteiger partial charge in [-0.25, -0.2) is 0 Å². The van der Waals surface area contributed by atoms with Gasteiger partial charge in [0.1, 0.15) is 0 Å². The highest BCUT2D eigenvalue weighted by Gasteiger charge is 2.40. The van der Waals surface area contributed by atoms with E-state index in [1.54, 1.807) is 0 Å². The predicted octanol–water partition coefficient (Wildman–Crippen LogP) is 3.62. The summed E-state index contributed by atoms with van der Waals surface area (Å²) in [7, 11) is 0. The molecule has 2 aliphatic heterocycles. The topological polar surface area (TPSA) is 44.5 Å².